The Morgan fingerprint density at radius 2 is 0.371 bits per heavy atom. The van der Waals surface area contributed by atoms with Gasteiger partial charge in [0.15, 0.2) is 11.6 Å². The van der Waals surface area contributed by atoms with Crippen molar-refractivity contribution in [3.63, 3.8) is 0 Å². The Morgan fingerprint density at radius 1 is 0.181 bits per heavy atom. The van der Waals surface area contributed by atoms with Crippen molar-refractivity contribution in [2.75, 3.05) is 0 Å². The molecule has 0 N–H and O–H groups in total. The van der Waals surface area contributed by atoms with Crippen molar-refractivity contribution in [2.45, 2.75) is 16.2 Å². The molecule has 4 heteroatoms. The molecule has 16 aromatic carbocycles. The summed E-state index contributed by atoms with van der Waals surface area (Å²) >= 11 is 0. The molecule has 6 aliphatic rings. The van der Waals surface area contributed by atoms with E-state index in [9.17, 15) is 0 Å². The van der Waals surface area contributed by atoms with Crippen LogP contribution >= 0.6 is 0 Å². The quantitative estimate of drug-likeness (QED) is 0.156. The first-order chi connectivity index (χ1) is 51.9. The summed E-state index contributed by atoms with van der Waals surface area (Å²) in [6.45, 7) is 0. The third-order valence-electron chi connectivity index (χ3n) is 25.0. The van der Waals surface area contributed by atoms with Gasteiger partial charge in [-0.05, 0) is 206 Å². The zero-order valence-corrected chi connectivity index (χ0v) is 56.7. The summed E-state index contributed by atoms with van der Waals surface area (Å²) in [5, 5.41) is 4.71. The van der Waals surface area contributed by atoms with E-state index in [1.807, 2.05) is 0 Å². The number of aromatic nitrogens is 2. The van der Waals surface area contributed by atoms with Gasteiger partial charge in [0, 0.05) is 55.2 Å². The Bertz CT molecular complexity index is 6390. The van der Waals surface area contributed by atoms with Crippen molar-refractivity contribution in [3.05, 3.63) is 441 Å². The van der Waals surface area contributed by atoms with E-state index in [1.54, 1.807) is 0 Å². The van der Waals surface area contributed by atoms with Crippen molar-refractivity contribution < 1.29 is 9.59 Å². The van der Waals surface area contributed by atoms with E-state index in [0.717, 1.165) is 100 Å². The Balaban J connectivity index is 0.754. The lowest BCUT2D eigenvalue weighted by atomic mass is 9.69. The molecule has 0 bridgehead atoms. The van der Waals surface area contributed by atoms with Crippen LogP contribution < -0.4 is 0 Å². The Labute approximate surface area is 605 Å². The highest BCUT2D eigenvalue weighted by atomic mass is 16.1. The summed E-state index contributed by atoms with van der Waals surface area (Å²) < 4.78 is 4.84. The summed E-state index contributed by atoms with van der Waals surface area (Å²) in [5.41, 5.74) is 34.0. The summed E-state index contributed by atoms with van der Waals surface area (Å²) in [4.78, 5) is 33.1. The third kappa shape index (κ3) is 6.98. The summed E-state index contributed by atoms with van der Waals surface area (Å²) in [5.74, 6) is -0.123. The molecule has 2 heterocycles. The van der Waals surface area contributed by atoms with Crippen LogP contribution in [0.25, 0.3) is 122 Å². The number of hydrogen-bond donors (Lipinski definition) is 0. The van der Waals surface area contributed by atoms with Gasteiger partial charge in [-0.2, -0.15) is 0 Å². The van der Waals surface area contributed by atoms with Crippen LogP contribution in [0.3, 0.4) is 0 Å². The molecule has 18 aromatic rings. The highest BCUT2D eigenvalue weighted by Gasteiger charge is 2.56. The minimum absolute atomic E-state index is 0.0613. The zero-order chi connectivity index (χ0) is 68.8. The predicted molar refractivity (Wildman–Crippen MR) is 424 cm³/mol. The van der Waals surface area contributed by atoms with Gasteiger partial charge in [0.25, 0.3) is 0 Å². The number of carbonyl (C=O) groups is 2. The fraction of sp³-hybridized carbons (Fsp3) is 0.0297. The smallest absolute Gasteiger partial charge is 0.193 e. The number of rotatable bonds is 6. The number of para-hydroxylation sites is 4. The van der Waals surface area contributed by atoms with Crippen molar-refractivity contribution in [2.24, 2.45) is 0 Å². The molecule has 0 saturated carbocycles. The monoisotopic (exact) mass is 1330 g/mol. The molecule has 0 amide bonds. The van der Waals surface area contributed by atoms with Crippen molar-refractivity contribution >= 4 is 55.2 Å². The molecule has 4 nitrogen and oxygen atoms in total. The van der Waals surface area contributed by atoms with Gasteiger partial charge < -0.3 is 9.13 Å². The number of nitrogens with zero attached hydrogens (tertiary/aromatic N) is 2. The van der Waals surface area contributed by atoms with Crippen molar-refractivity contribution in [3.8, 4) is 78.1 Å². The van der Waals surface area contributed by atoms with Gasteiger partial charge in [0.05, 0.1) is 38.3 Å². The van der Waals surface area contributed by atoms with Crippen molar-refractivity contribution in [1.29, 1.82) is 0 Å². The lowest BCUT2D eigenvalue weighted by molar-refractivity contribution is 0.103. The van der Waals surface area contributed by atoms with E-state index in [-0.39, 0.29) is 11.6 Å². The second-order valence-electron chi connectivity index (χ2n) is 29.4. The zero-order valence-electron chi connectivity index (χ0n) is 56.7. The first-order valence-electron chi connectivity index (χ1n) is 36.5. The lowest BCUT2D eigenvalue weighted by Crippen LogP contribution is -2.27. The molecule has 0 aliphatic heterocycles. The molecule has 0 radical (unpaired) electrons. The molecule has 0 fully saturated rings. The molecule has 6 aliphatic carbocycles. The molecule has 2 aromatic heterocycles. The number of carbonyl (C=O) groups excluding carboxylic acids is 2. The summed E-state index contributed by atoms with van der Waals surface area (Å²) in [6.07, 6.45) is 0. The van der Waals surface area contributed by atoms with E-state index < -0.39 is 16.2 Å². The fourth-order valence-electron chi connectivity index (χ4n) is 21.0. The normalized spacial score (nSPS) is 14.4. The lowest BCUT2D eigenvalue weighted by Gasteiger charge is -2.32. The number of ketones is 2. The van der Waals surface area contributed by atoms with Gasteiger partial charge in [-0.3, -0.25) is 9.59 Å². The average molecular weight is 1330 g/mol. The van der Waals surface area contributed by atoms with E-state index >= 15 is 9.59 Å². The molecular formula is C101H58N2O2. The Morgan fingerprint density at radius 3 is 0.629 bits per heavy atom. The van der Waals surface area contributed by atoms with Crippen LogP contribution in [0.15, 0.2) is 352 Å². The van der Waals surface area contributed by atoms with E-state index in [4.69, 9.17) is 0 Å². The first kappa shape index (κ1) is 57.1. The third-order valence-corrected chi connectivity index (χ3v) is 25.0. The molecule has 0 saturated heterocycles. The molecule has 0 atom stereocenters. The van der Waals surface area contributed by atoms with Crippen LogP contribution in [-0.4, -0.2) is 20.7 Å². The van der Waals surface area contributed by atoms with Gasteiger partial charge >= 0.3 is 0 Å². The van der Waals surface area contributed by atoms with Crippen LogP contribution in [0.5, 0.6) is 0 Å². The minimum Gasteiger partial charge on any atom is -0.309 e. The van der Waals surface area contributed by atoms with Gasteiger partial charge in [-0.15, -0.1) is 0 Å². The molecule has 105 heavy (non-hydrogen) atoms. The molecule has 3 spiro atoms. The number of hydrogen-bond acceptors (Lipinski definition) is 2. The van der Waals surface area contributed by atoms with Crippen LogP contribution in [0, 0.1) is 0 Å². The maximum Gasteiger partial charge on any atom is 0.193 e. The Kier molecular flexibility index (Phi) is 11.1. The SMILES string of the molecule is O=C(c1ccc2c(c1)C1(c3ccccc3-c3ccccc31)c1ccccc1-2)c1ccc2c(c1)C1(c3cc(C(=O)c4ccc5c(c4)C4(c6ccccc6-c6ccccc64)c4ccccc4-5)ccc3-2)c2cc(-n3c4ccccc4c4ccccc43)ccc2-c2ccc(-n3c4ccccc4c4ccccc43)cc21. The molecule has 24 rings (SSSR count). The second kappa shape index (κ2) is 20.4. The predicted octanol–water partition coefficient (Wildman–Crippen LogP) is 23.4. The Hall–Kier alpha value is -13.5. The topological polar surface area (TPSA) is 44.0 Å². The maximum absolute atomic E-state index is 16.5. The van der Waals surface area contributed by atoms with Crippen LogP contribution in [-0.2, 0) is 16.2 Å². The molecular weight excluding hydrogens is 1270 g/mol. The fourth-order valence-corrected chi connectivity index (χ4v) is 21.0. The first-order valence-corrected chi connectivity index (χ1v) is 36.5. The average Bonchev–Trinajstić information content (AvgIpc) is 1.51. The van der Waals surface area contributed by atoms with Gasteiger partial charge in [-0.25, -0.2) is 0 Å². The van der Waals surface area contributed by atoms with Crippen LogP contribution in [0.2, 0.25) is 0 Å². The maximum atomic E-state index is 16.5. The second-order valence-corrected chi connectivity index (χ2v) is 29.4. The molecule has 484 valence electrons. The summed E-state index contributed by atoms with van der Waals surface area (Å²) in [6, 6.07) is 128. The van der Waals surface area contributed by atoms with Crippen molar-refractivity contribution in [1.82, 2.24) is 9.13 Å². The number of fused-ring (bicyclic) bond motifs is 36. The van der Waals surface area contributed by atoms with E-state index in [2.05, 4.69) is 361 Å². The van der Waals surface area contributed by atoms with Crippen LogP contribution in [0.1, 0.15) is 98.6 Å². The van der Waals surface area contributed by atoms with E-state index in [1.165, 1.54) is 88.3 Å². The minimum atomic E-state index is -1.09. The highest BCUT2D eigenvalue weighted by Crippen LogP contribution is 2.67. The van der Waals surface area contributed by atoms with Gasteiger partial charge in [0.2, 0.25) is 0 Å². The molecule has 0 unspecified atom stereocenters. The standard InChI is InChI=1S/C101H58N2O2/c104-97(59-41-47-71-69-25-5-15-35-85(69)99(87(71)53-59)81-31-11-1-21-65(81)66-22-2-12-32-82(66)99)61-43-49-73-74-50-44-62(98(105)60-42-48-72-70-26-6-16-36-86(70)100(88(72)54-60)83-33-13-3-23-67(83)68-24-4-14-34-84(68)100)56-90(74)101(89(73)55-61)91-57-63(102-93-37-17-7-27-77(93)78-28-8-18-38-94(78)102)45-51-75(91)76-52-46-64(58-92(76)101)103-95-39-19-9-29-79(95)80-30-10-20-40-96(80)103/h1-58H. The highest BCUT2D eigenvalue weighted by molar-refractivity contribution is 6.15. The van der Waals surface area contributed by atoms with Gasteiger partial charge in [0.1, 0.15) is 0 Å². The number of benzene rings is 16. The summed E-state index contributed by atoms with van der Waals surface area (Å²) in [7, 11) is 0. The van der Waals surface area contributed by atoms with Crippen LogP contribution in [0.4, 0.5) is 0 Å². The van der Waals surface area contributed by atoms with Gasteiger partial charge in [-0.1, -0.05) is 279 Å². The largest absolute Gasteiger partial charge is 0.309 e. The van der Waals surface area contributed by atoms with E-state index in [0.29, 0.717) is 22.3 Å².